The van der Waals surface area contributed by atoms with Gasteiger partial charge in [-0.25, -0.2) is 0 Å². The summed E-state index contributed by atoms with van der Waals surface area (Å²) in [4.78, 5) is 15.7. The predicted molar refractivity (Wildman–Crippen MR) is 127 cm³/mol. The fraction of sp³-hybridized carbons (Fsp3) is 0.630. The molecular formula is C27H38N4O. The summed E-state index contributed by atoms with van der Waals surface area (Å²) in [6, 6.07) is 10.9. The van der Waals surface area contributed by atoms with Gasteiger partial charge in [0.05, 0.1) is 5.69 Å². The predicted octanol–water partition coefficient (Wildman–Crippen LogP) is 4.44. The van der Waals surface area contributed by atoms with Gasteiger partial charge in [-0.2, -0.15) is 5.10 Å². The number of hydrogen-bond donors (Lipinski definition) is 1. The second kappa shape index (κ2) is 8.66. The number of nitrogens with zero attached hydrogens (tertiary/aromatic N) is 3. The van der Waals surface area contributed by atoms with E-state index in [1.807, 2.05) is 4.68 Å². The van der Waals surface area contributed by atoms with Gasteiger partial charge in [0.25, 0.3) is 0 Å². The largest absolute Gasteiger partial charge is 0.355 e. The van der Waals surface area contributed by atoms with Crippen molar-refractivity contribution in [2.75, 3.05) is 19.6 Å². The molecule has 1 N–H and O–H groups in total. The van der Waals surface area contributed by atoms with Gasteiger partial charge in [0, 0.05) is 42.7 Å². The van der Waals surface area contributed by atoms with E-state index in [1.165, 1.54) is 36.8 Å². The molecule has 3 fully saturated rings. The molecule has 1 spiro atoms. The smallest absolute Gasteiger partial charge is 0.223 e. The molecule has 1 aliphatic heterocycles. The van der Waals surface area contributed by atoms with Gasteiger partial charge in [-0.1, -0.05) is 43.2 Å². The summed E-state index contributed by atoms with van der Waals surface area (Å²) in [5.41, 5.74) is 4.30. The number of benzene rings is 1. The summed E-state index contributed by atoms with van der Waals surface area (Å²) in [6.45, 7) is 9.14. The summed E-state index contributed by atoms with van der Waals surface area (Å²) in [5.74, 6) is 0.532. The zero-order valence-electron chi connectivity index (χ0n) is 19.8. The molecule has 2 aromatic rings. The molecule has 2 heterocycles. The molecule has 1 saturated heterocycles. The van der Waals surface area contributed by atoms with Crippen molar-refractivity contribution in [2.24, 2.45) is 11.3 Å². The van der Waals surface area contributed by atoms with E-state index >= 15 is 0 Å². The Bertz CT molecular complexity index is 936. The molecule has 5 heteroatoms. The Balaban J connectivity index is 1.14. The average Bonchev–Trinajstić information content (AvgIpc) is 3.14. The van der Waals surface area contributed by atoms with Gasteiger partial charge in [0.15, 0.2) is 0 Å². The molecule has 5 rings (SSSR count). The normalized spacial score (nSPS) is 24.0. The van der Waals surface area contributed by atoms with E-state index in [0.717, 1.165) is 57.7 Å². The number of piperidine rings is 1. The van der Waals surface area contributed by atoms with Crippen molar-refractivity contribution in [2.45, 2.75) is 77.3 Å². The number of aromatic nitrogens is 2. The molecule has 0 radical (unpaired) electrons. The third-order valence-corrected chi connectivity index (χ3v) is 8.67. The van der Waals surface area contributed by atoms with Crippen LogP contribution in [0.3, 0.4) is 0 Å². The van der Waals surface area contributed by atoms with E-state index in [0.29, 0.717) is 5.91 Å². The number of likely N-dealkylation sites (tertiary alicyclic amines) is 1. The minimum Gasteiger partial charge on any atom is -0.355 e. The van der Waals surface area contributed by atoms with Gasteiger partial charge >= 0.3 is 0 Å². The van der Waals surface area contributed by atoms with Crippen LogP contribution in [-0.2, 0) is 23.3 Å². The summed E-state index contributed by atoms with van der Waals surface area (Å²) in [7, 11) is 0. The molecular weight excluding hydrogens is 396 g/mol. The molecule has 2 saturated carbocycles. The van der Waals surface area contributed by atoms with Gasteiger partial charge in [0.2, 0.25) is 5.91 Å². The molecule has 1 aromatic carbocycles. The van der Waals surface area contributed by atoms with Crippen molar-refractivity contribution in [1.82, 2.24) is 20.0 Å². The highest BCUT2D eigenvalue weighted by molar-refractivity contribution is 5.82. The lowest BCUT2D eigenvalue weighted by Gasteiger charge is -2.33. The zero-order chi connectivity index (χ0) is 22.2. The van der Waals surface area contributed by atoms with Crippen molar-refractivity contribution in [1.29, 1.82) is 0 Å². The maximum absolute atomic E-state index is 13.1. The minimum atomic E-state index is 0.142. The average molecular weight is 435 g/mol. The number of nitrogens with one attached hydrogen (secondary N) is 1. The van der Waals surface area contributed by atoms with Crippen LogP contribution < -0.4 is 5.32 Å². The Morgan fingerprint density at radius 2 is 1.84 bits per heavy atom. The van der Waals surface area contributed by atoms with Gasteiger partial charge in [-0.15, -0.1) is 0 Å². The SMILES string of the molecule is CCn1cc(CN2CCC3(CC2)C[C@@H]3C(=O)NCC2(c3ccccc3)CCCC2)c(C)n1. The molecule has 5 nitrogen and oxygen atoms in total. The second-order valence-electron chi connectivity index (χ2n) is 10.6. The Kier molecular flexibility index (Phi) is 5.87. The van der Waals surface area contributed by atoms with E-state index in [-0.39, 0.29) is 16.7 Å². The van der Waals surface area contributed by atoms with Crippen LogP contribution in [0.5, 0.6) is 0 Å². The van der Waals surface area contributed by atoms with Crippen molar-refractivity contribution >= 4 is 5.91 Å². The number of aryl methyl sites for hydroxylation is 2. The molecule has 3 aliphatic rings. The highest BCUT2D eigenvalue weighted by Crippen LogP contribution is 2.59. The van der Waals surface area contributed by atoms with Crippen molar-refractivity contribution in [3.63, 3.8) is 0 Å². The lowest BCUT2D eigenvalue weighted by Crippen LogP contribution is -2.41. The molecule has 0 unspecified atom stereocenters. The third-order valence-electron chi connectivity index (χ3n) is 8.67. The number of amides is 1. The fourth-order valence-corrected chi connectivity index (χ4v) is 6.34. The van der Waals surface area contributed by atoms with E-state index in [4.69, 9.17) is 0 Å². The van der Waals surface area contributed by atoms with Crippen molar-refractivity contribution in [3.05, 3.63) is 53.3 Å². The van der Waals surface area contributed by atoms with Crippen LogP contribution in [0.4, 0.5) is 0 Å². The van der Waals surface area contributed by atoms with E-state index in [9.17, 15) is 4.79 Å². The summed E-state index contributed by atoms with van der Waals surface area (Å²) < 4.78 is 2.03. The molecule has 32 heavy (non-hydrogen) atoms. The van der Waals surface area contributed by atoms with Gasteiger partial charge in [-0.3, -0.25) is 14.4 Å². The van der Waals surface area contributed by atoms with Crippen LogP contribution in [0.2, 0.25) is 0 Å². The highest BCUT2D eigenvalue weighted by atomic mass is 16.2. The van der Waals surface area contributed by atoms with Crippen molar-refractivity contribution in [3.8, 4) is 0 Å². The minimum absolute atomic E-state index is 0.142. The van der Waals surface area contributed by atoms with Crippen LogP contribution >= 0.6 is 0 Å². The number of carbonyl (C=O) groups excluding carboxylic acids is 1. The van der Waals surface area contributed by atoms with Crippen LogP contribution in [0.15, 0.2) is 36.5 Å². The van der Waals surface area contributed by atoms with Gasteiger partial charge < -0.3 is 5.32 Å². The van der Waals surface area contributed by atoms with Gasteiger partial charge in [0.1, 0.15) is 0 Å². The van der Waals surface area contributed by atoms with E-state index < -0.39 is 0 Å². The van der Waals surface area contributed by atoms with Gasteiger partial charge in [-0.05, 0) is 70.0 Å². The Hall–Kier alpha value is -2.14. The summed E-state index contributed by atoms with van der Waals surface area (Å²) in [5, 5.41) is 7.99. The number of hydrogen-bond acceptors (Lipinski definition) is 3. The van der Waals surface area contributed by atoms with E-state index in [1.54, 1.807) is 0 Å². The second-order valence-corrected chi connectivity index (χ2v) is 10.6. The Morgan fingerprint density at radius 1 is 1.12 bits per heavy atom. The van der Waals surface area contributed by atoms with Crippen molar-refractivity contribution < 1.29 is 4.79 Å². The quantitative estimate of drug-likeness (QED) is 0.701. The molecule has 0 bridgehead atoms. The number of rotatable bonds is 7. The highest BCUT2D eigenvalue weighted by Gasteiger charge is 2.58. The topological polar surface area (TPSA) is 50.2 Å². The molecule has 1 aromatic heterocycles. The first-order valence-electron chi connectivity index (χ1n) is 12.6. The van der Waals surface area contributed by atoms with Crippen LogP contribution in [0, 0.1) is 18.3 Å². The van der Waals surface area contributed by atoms with Crippen LogP contribution in [0.25, 0.3) is 0 Å². The molecule has 1 amide bonds. The fourth-order valence-electron chi connectivity index (χ4n) is 6.34. The lowest BCUT2D eigenvalue weighted by atomic mass is 9.78. The molecule has 172 valence electrons. The maximum atomic E-state index is 13.1. The Morgan fingerprint density at radius 3 is 2.50 bits per heavy atom. The first-order valence-corrected chi connectivity index (χ1v) is 12.6. The maximum Gasteiger partial charge on any atom is 0.223 e. The zero-order valence-corrected chi connectivity index (χ0v) is 19.8. The monoisotopic (exact) mass is 434 g/mol. The number of carbonyl (C=O) groups is 1. The molecule has 1 atom stereocenters. The molecule has 2 aliphatic carbocycles. The van der Waals surface area contributed by atoms with Crippen LogP contribution in [-0.4, -0.2) is 40.2 Å². The third kappa shape index (κ3) is 4.12. The summed E-state index contributed by atoms with van der Waals surface area (Å²) >= 11 is 0. The Labute approximate surface area is 192 Å². The first kappa shape index (κ1) is 21.7. The standard InChI is InChI=1S/C27H38N4O/c1-3-31-19-22(21(2)29-31)18-30-15-13-26(14-16-30)17-24(26)25(32)28-20-27(11-7-8-12-27)23-9-5-4-6-10-23/h4-6,9-10,19,24H,3,7-8,11-18,20H2,1-2H3,(H,28,32)/t24-/m1/s1. The summed E-state index contributed by atoms with van der Waals surface area (Å²) in [6.07, 6.45) is 10.5. The van der Waals surface area contributed by atoms with Crippen LogP contribution in [0.1, 0.15) is 68.7 Å². The first-order chi connectivity index (χ1) is 15.5. The lowest BCUT2D eigenvalue weighted by molar-refractivity contribution is -0.123. The van der Waals surface area contributed by atoms with E-state index in [2.05, 4.69) is 65.7 Å².